The maximum absolute atomic E-state index is 6.35. The van der Waals surface area contributed by atoms with Crippen LogP contribution >= 0.6 is 27.5 Å². The topological polar surface area (TPSA) is 12.0 Å². The molecule has 0 saturated carbocycles. The summed E-state index contributed by atoms with van der Waals surface area (Å²) >= 11 is 10.1. The minimum atomic E-state index is 0.306. The van der Waals surface area contributed by atoms with E-state index in [0.717, 1.165) is 17.0 Å². The van der Waals surface area contributed by atoms with E-state index in [1.807, 2.05) is 6.07 Å². The van der Waals surface area contributed by atoms with Crippen LogP contribution < -0.4 is 5.32 Å². The Hall–Kier alpha value is -1.25. The van der Waals surface area contributed by atoms with E-state index in [-0.39, 0.29) is 0 Å². The molecule has 1 aliphatic heterocycles. The SMILES string of the molecule is Cc1c(Cl)ccc2c1N[C@H](c1ccccc1Br)[C@H]1CC=C[C@@H]21. The molecule has 112 valence electrons. The largest absolute Gasteiger partial charge is 0.377 e. The zero-order valence-electron chi connectivity index (χ0n) is 12.3. The van der Waals surface area contributed by atoms with E-state index in [4.69, 9.17) is 11.6 Å². The van der Waals surface area contributed by atoms with Crippen LogP contribution in [0.3, 0.4) is 0 Å². The van der Waals surface area contributed by atoms with Crippen molar-refractivity contribution < 1.29 is 0 Å². The second-order valence-corrected chi connectivity index (χ2v) is 7.40. The van der Waals surface area contributed by atoms with Crippen LogP contribution in [0.1, 0.15) is 35.1 Å². The number of hydrogen-bond acceptors (Lipinski definition) is 1. The number of rotatable bonds is 1. The Morgan fingerprint density at radius 1 is 1.14 bits per heavy atom. The molecule has 22 heavy (non-hydrogen) atoms. The van der Waals surface area contributed by atoms with Gasteiger partial charge in [0, 0.05) is 21.1 Å². The van der Waals surface area contributed by atoms with E-state index in [9.17, 15) is 0 Å². The van der Waals surface area contributed by atoms with Crippen LogP contribution in [0.15, 0.2) is 53.0 Å². The summed E-state index contributed by atoms with van der Waals surface area (Å²) in [5.74, 6) is 1.04. The molecule has 1 nitrogen and oxygen atoms in total. The van der Waals surface area contributed by atoms with Gasteiger partial charge >= 0.3 is 0 Å². The number of benzene rings is 2. The van der Waals surface area contributed by atoms with Gasteiger partial charge in [-0.05, 0) is 48.1 Å². The second-order valence-electron chi connectivity index (χ2n) is 6.13. The standard InChI is InChI=1S/C19H17BrClN/c1-11-17(21)10-9-14-12-6-4-7-13(12)19(22-18(11)14)15-5-2-3-8-16(15)20/h2-6,8-10,12-13,19,22H,7H2,1H3/t12-,13+,19+/m1/s1. The maximum Gasteiger partial charge on any atom is 0.0565 e. The Kier molecular flexibility index (Phi) is 3.54. The van der Waals surface area contributed by atoms with Gasteiger partial charge in [-0.3, -0.25) is 0 Å². The van der Waals surface area contributed by atoms with Gasteiger partial charge in [-0.2, -0.15) is 0 Å². The van der Waals surface area contributed by atoms with Gasteiger partial charge in [0.15, 0.2) is 0 Å². The van der Waals surface area contributed by atoms with Gasteiger partial charge in [0.25, 0.3) is 0 Å². The van der Waals surface area contributed by atoms with Crippen LogP contribution in [-0.4, -0.2) is 0 Å². The minimum absolute atomic E-state index is 0.306. The summed E-state index contributed by atoms with van der Waals surface area (Å²) in [7, 11) is 0. The highest BCUT2D eigenvalue weighted by Gasteiger charge is 2.39. The van der Waals surface area contributed by atoms with Crippen LogP contribution in [0.5, 0.6) is 0 Å². The first-order valence-electron chi connectivity index (χ1n) is 7.63. The zero-order valence-corrected chi connectivity index (χ0v) is 14.7. The third-order valence-electron chi connectivity index (χ3n) is 4.97. The number of anilines is 1. The van der Waals surface area contributed by atoms with Crippen LogP contribution in [0.25, 0.3) is 0 Å². The summed E-state index contributed by atoms with van der Waals surface area (Å²) in [4.78, 5) is 0. The van der Waals surface area contributed by atoms with Gasteiger partial charge in [-0.25, -0.2) is 0 Å². The second kappa shape index (κ2) is 5.43. The molecule has 2 aromatic rings. The fourth-order valence-corrected chi connectivity index (χ4v) is 4.51. The highest BCUT2D eigenvalue weighted by atomic mass is 79.9. The Morgan fingerprint density at radius 3 is 2.77 bits per heavy atom. The number of hydrogen-bond donors (Lipinski definition) is 1. The van der Waals surface area contributed by atoms with Crippen molar-refractivity contribution in [2.75, 3.05) is 5.32 Å². The molecule has 1 aliphatic carbocycles. The van der Waals surface area contributed by atoms with Crippen molar-refractivity contribution in [3.8, 4) is 0 Å². The van der Waals surface area contributed by atoms with Crippen molar-refractivity contribution in [3.63, 3.8) is 0 Å². The predicted octanol–water partition coefficient (Wildman–Crippen LogP) is 6.24. The molecular weight excluding hydrogens is 358 g/mol. The molecule has 3 atom stereocenters. The highest BCUT2D eigenvalue weighted by Crippen LogP contribution is 2.52. The molecule has 4 rings (SSSR count). The summed E-state index contributed by atoms with van der Waals surface area (Å²) in [5, 5.41) is 4.61. The van der Waals surface area contributed by atoms with E-state index in [1.54, 1.807) is 0 Å². The smallest absolute Gasteiger partial charge is 0.0565 e. The van der Waals surface area contributed by atoms with Gasteiger partial charge in [0.1, 0.15) is 0 Å². The number of halogens is 2. The molecule has 0 bridgehead atoms. The average Bonchev–Trinajstić information content (AvgIpc) is 3.00. The van der Waals surface area contributed by atoms with Crippen LogP contribution in [-0.2, 0) is 0 Å². The lowest BCUT2D eigenvalue weighted by atomic mass is 9.76. The first kappa shape index (κ1) is 14.3. The van der Waals surface area contributed by atoms with Crippen LogP contribution in [0.2, 0.25) is 5.02 Å². The molecule has 0 fully saturated rings. The maximum atomic E-state index is 6.35. The monoisotopic (exact) mass is 373 g/mol. The normalized spacial score (nSPS) is 25.5. The van der Waals surface area contributed by atoms with Crippen molar-refractivity contribution in [1.82, 2.24) is 0 Å². The Morgan fingerprint density at radius 2 is 1.95 bits per heavy atom. The molecule has 0 spiro atoms. The van der Waals surface area contributed by atoms with Crippen molar-refractivity contribution in [1.29, 1.82) is 0 Å². The third kappa shape index (κ3) is 2.12. The molecule has 2 aliphatic rings. The van der Waals surface area contributed by atoms with E-state index in [1.165, 1.54) is 21.3 Å². The van der Waals surface area contributed by atoms with Gasteiger partial charge in [0.2, 0.25) is 0 Å². The number of allylic oxidation sites excluding steroid dienone is 2. The van der Waals surface area contributed by atoms with Crippen LogP contribution in [0, 0.1) is 12.8 Å². The van der Waals surface area contributed by atoms with E-state index in [2.05, 4.69) is 70.7 Å². The van der Waals surface area contributed by atoms with Crippen LogP contribution in [0.4, 0.5) is 5.69 Å². The first-order valence-corrected chi connectivity index (χ1v) is 8.80. The molecule has 0 amide bonds. The zero-order chi connectivity index (χ0) is 15.3. The third-order valence-corrected chi connectivity index (χ3v) is 6.10. The van der Waals surface area contributed by atoms with Crippen molar-refractivity contribution in [2.45, 2.75) is 25.3 Å². The van der Waals surface area contributed by atoms with E-state index >= 15 is 0 Å². The molecule has 1 heterocycles. The van der Waals surface area contributed by atoms with Gasteiger partial charge in [-0.15, -0.1) is 0 Å². The van der Waals surface area contributed by atoms with E-state index < -0.39 is 0 Å². The first-order chi connectivity index (χ1) is 10.7. The van der Waals surface area contributed by atoms with E-state index in [0.29, 0.717) is 17.9 Å². The molecule has 0 aromatic heterocycles. The highest BCUT2D eigenvalue weighted by molar-refractivity contribution is 9.10. The molecular formula is C19H17BrClN. The molecule has 2 aromatic carbocycles. The van der Waals surface area contributed by atoms with Gasteiger partial charge in [-0.1, -0.05) is 63.9 Å². The fourth-order valence-electron chi connectivity index (χ4n) is 3.82. The lowest BCUT2D eigenvalue weighted by Gasteiger charge is -2.38. The minimum Gasteiger partial charge on any atom is -0.377 e. The Bertz CT molecular complexity index is 768. The summed E-state index contributed by atoms with van der Waals surface area (Å²) in [6, 6.07) is 13.0. The Balaban J connectivity index is 1.87. The molecule has 0 saturated heterocycles. The van der Waals surface area contributed by atoms with Gasteiger partial charge < -0.3 is 5.32 Å². The average molecular weight is 375 g/mol. The summed E-state index contributed by atoms with van der Waals surface area (Å²) in [6.45, 7) is 2.10. The summed E-state index contributed by atoms with van der Waals surface area (Å²) in [5.41, 5.74) is 5.06. The number of fused-ring (bicyclic) bond motifs is 3. The number of nitrogens with one attached hydrogen (secondary N) is 1. The van der Waals surface area contributed by atoms with Gasteiger partial charge in [0.05, 0.1) is 6.04 Å². The summed E-state index contributed by atoms with van der Waals surface area (Å²) in [6.07, 6.45) is 5.80. The quantitative estimate of drug-likeness (QED) is 0.583. The Labute approximate surface area is 144 Å². The lowest BCUT2D eigenvalue weighted by molar-refractivity contribution is 0.424. The fraction of sp³-hybridized carbons (Fsp3) is 0.263. The molecule has 1 N–H and O–H groups in total. The summed E-state index contributed by atoms with van der Waals surface area (Å²) < 4.78 is 1.17. The van der Waals surface area contributed by atoms with Crippen molar-refractivity contribution in [2.24, 2.45) is 5.92 Å². The predicted molar refractivity (Wildman–Crippen MR) is 96.7 cm³/mol. The van der Waals surface area contributed by atoms with Crippen molar-refractivity contribution >= 4 is 33.2 Å². The lowest BCUT2D eigenvalue weighted by Crippen LogP contribution is -2.29. The molecule has 0 radical (unpaired) electrons. The molecule has 0 unspecified atom stereocenters. The molecule has 3 heteroatoms. The van der Waals surface area contributed by atoms with Crippen molar-refractivity contribution in [3.05, 3.63) is 74.7 Å².